The van der Waals surface area contributed by atoms with E-state index >= 15 is 0 Å². The van der Waals surface area contributed by atoms with E-state index in [1.807, 2.05) is 37.3 Å². The molecule has 6 heteroatoms. The minimum absolute atomic E-state index is 0.0254. The van der Waals surface area contributed by atoms with Gasteiger partial charge in [-0.3, -0.25) is 0 Å². The first-order chi connectivity index (χ1) is 9.38. The second kappa shape index (κ2) is 5.40. The average molecular weight is 281 g/mol. The lowest BCUT2D eigenvalue weighted by atomic mass is 10.1. The van der Waals surface area contributed by atoms with Crippen molar-refractivity contribution in [1.29, 1.82) is 0 Å². The van der Waals surface area contributed by atoms with Crippen molar-refractivity contribution in [2.24, 2.45) is 0 Å². The minimum atomic E-state index is -4.44. The number of nitrogens with zero attached hydrogens (tertiary/aromatic N) is 1. The fraction of sp³-hybridized carbons (Fsp3) is 0.214. The predicted octanol–water partition coefficient (Wildman–Crippen LogP) is 3.86. The number of alkyl halides is 3. The molecule has 0 fully saturated rings. The van der Waals surface area contributed by atoms with Crippen LogP contribution in [-0.4, -0.2) is 4.98 Å². The van der Waals surface area contributed by atoms with Crippen LogP contribution in [0.5, 0.6) is 0 Å². The second-order valence-corrected chi connectivity index (χ2v) is 4.44. The number of nitrogen functional groups attached to an aromatic ring is 1. The number of nitrogens with two attached hydrogens (primary N) is 1. The maximum Gasteiger partial charge on any atom is 0.417 e. The zero-order chi connectivity index (χ0) is 14.8. The number of nitrogens with one attached hydrogen (secondary N) is 1. The van der Waals surface area contributed by atoms with E-state index in [0.717, 1.165) is 17.8 Å². The van der Waals surface area contributed by atoms with Gasteiger partial charge in [-0.25, -0.2) is 4.98 Å². The highest BCUT2D eigenvalue weighted by molar-refractivity contribution is 5.62. The fourth-order valence-corrected chi connectivity index (χ4v) is 1.79. The summed E-state index contributed by atoms with van der Waals surface area (Å²) in [6, 6.07) is 10.3. The van der Waals surface area contributed by atoms with Crippen molar-refractivity contribution in [3.8, 4) is 0 Å². The summed E-state index contributed by atoms with van der Waals surface area (Å²) < 4.78 is 37.5. The molecule has 0 aliphatic rings. The Kier molecular flexibility index (Phi) is 3.83. The van der Waals surface area contributed by atoms with Crippen LogP contribution in [0.1, 0.15) is 24.1 Å². The SMILES string of the molecule is CC(Nc1ncc(C(F)(F)F)cc1N)c1ccccc1. The Morgan fingerprint density at radius 2 is 1.85 bits per heavy atom. The van der Waals surface area contributed by atoms with Crippen LogP contribution in [0.4, 0.5) is 24.7 Å². The highest BCUT2D eigenvalue weighted by Gasteiger charge is 2.31. The standard InChI is InChI=1S/C14H14F3N3/c1-9(10-5-3-2-4-6-10)20-13-12(18)7-11(8-19-13)14(15,16)17/h2-9H,18H2,1H3,(H,19,20). The second-order valence-electron chi connectivity index (χ2n) is 4.44. The molecule has 0 spiro atoms. The van der Waals surface area contributed by atoms with Crippen LogP contribution in [-0.2, 0) is 6.18 Å². The molecule has 1 atom stereocenters. The molecule has 1 unspecified atom stereocenters. The van der Waals surface area contributed by atoms with Crippen molar-refractivity contribution in [3.05, 3.63) is 53.7 Å². The summed E-state index contributed by atoms with van der Waals surface area (Å²) in [7, 11) is 0. The van der Waals surface area contributed by atoms with E-state index in [0.29, 0.717) is 0 Å². The van der Waals surface area contributed by atoms with Gasteiger partial charge < -0.3 is 11.1 Å². The third kappa shape index (κ3) is 3.20. The van der Waals surface area contributed by atoms with Gasteiger partial charge in [0.15, 0.2) is 0 Å². The molecule has 0 amide bonds. The van der Waals surface area contributed by atoms with E-state index in [2.05, 4.69) is 10.3 Å². The number of aromatic nitrogens is 1. The lowest BCUT2D eigenvalue weighted by Crippen LogP contribution is -2.12. The maximum atomic E-state index is 12.5. The van der Waals surface area contributed by atoms with Gasteiger partial charge >= 0.3 is 6.18 Å². The van der Waals surface area contributed by atoms with Gasteiger partial charge in [-0.1, -0.05) is 30.3 Å². The van der Waals surface area contributed by atoms with Crippen LogP contribution in [0.2, 0.25) is 0 Å². The quantitative estimate of drug-likeness (QED) is 0.898. The Hall–Kier alpha value is -2.24. The summed E-state index contributed by atoms with van der Waals surface area (Å²) in [5.41, 5.74) is 5.73. The molecule has 2 aromatic rings. The van der Waals surface area contributed by atoms with Crippen LogP contribution < -0.4 is 11.1 Å². The van der Waals surface area contributed by atoms with Crippen molar-refractivity contribution < 1.29 is 13.2 Å². The number of hydrogen-bond acceptors (Lipinski definition) is 3. The molecule has 3 N–H and O–H groups in total. The Morgan fingerprint density at radius 1 is 1.20 bits per heavy atom. The van der Waals surface area contributed by atoms with E-state index < -0.39 is 11.7 Å². The van der Waals surface area contributed by atoms with Gasteiger partial charge in [0.25, 0.3) is 0 Å². The molecule has 20 heavy (non-hydrogen) atoms. The minimum Gasteiger partial charge on any atom is -0.396 e. The molecule has 1 aromatic carbocycles. The molecule has 1 heterocycles. The molecule has 0 bridgehead atoms. The summed E-state index contributed by atoms with van der Waals surface area (Å²) in [6.45, 7) is 1.88. The average Bonchev–Trinajstić information content (AvgIpc) is 2.41. The topological polar surface area (TPSA) is 50.9 Å². The normalized spacial score (nSPS) is 13.0. The number of pyridine rings is 1. The van der Waals surface area contributed by atoms with E-state index in [9.17, 15) is 13.2 Å². The summed E-state index contributed by atoms with van der Waals surface area (Å²) in [5, 5.41) is 3.00. The van der Waals surface area contributed by atoms with E-state index in [1.165, 1.54) is 0 Å². The van der Waals surface area contributed by atoms with Crippen LogP contribution in [0.3, 0.4) is 0 Å². The maximum absolute atomic E-state index is 12.5. The van der Waals surface area contributed by atoms with Crippen molar-refractivity contribution in [1.82, 2.24) is 4.98 Å². The van der Waals surface area contributed by atoms with E-state index in [1.54, 1.807) is 0 Å². The highest BCUT2D eigenvalue weighted by Crippen LogP contribution is 2.32. The predicted molar refractivity (Wildman–Crippen MR) is 72.1 cm³/mol. The smallest absolute Gasteiger partial charge is 0.396 e. The van der Waals surface area contributed by atoms with Crippen LogP contribution in [0.25, 0.3) is 0 Å². The first-order valence-corrected chi connectivity index (χ1v) is 6.02. The van der Waals surface area contributed by atoms with Crippen molar-refractivity contribution in [3.63, 3.8) is 0 Å². The summed E-state index contributed by atoms with van der Waals surface area (Å²) in [6.07, 6.45) is -3.67. The molecule has 0 saturated carbocycles. The van der Waals surface area contributed by atoms with Gasteiger partial charge in [0.1, 0.15) is 5.82 Å². The van der Waals surface area contributed by atoms with Gasteiger partial charge in [0, 0.05) is 6.20 Å². The van der Waals surface area contributed by atoms with Gasteiger partial charge in [-0.05, 0) is 18.6 Å². The molecule has 1 aromatic heterocycles. The third-order valence-corrected chi connectivity index (χ3v) is 2.90. The largest absolute Gasteiger partial charge is 0.417 e. The zero-order valence-electron chi connectivity index (χ0n) is 10.8. The van der Waals surface area contributed by atoms with Crippen LogP contribution >= 0.6 is 0 Å². The number of rotatable bonds is 3. The summed E-state index contributed by atoms with van der Waals surface area (Å²) >= 11 is 0. The Balaban J connectivity index is 2.18. The van der Waals surface area contributed by atoms with E-state index in [-0.39, 0.29) is 17.5 Å². The fourth-order valence-electron chi connectivity index (χ4n) is 1.79. The first kappa shape index (κ1) is 14.2. The van der Waals surface area contributed by atoms with Gasteiger partial charge in [-0.15, -0.1) is 0 Å². The van der Waals surface area contributed by atoms with Crippen LogP contribution in [0, 0.1) is 0 Å². The Morgan fingerprint density at radius 3 is 2.40 bits per heavy atom. The van der Waals surface area contributed by atoms with Gasteiger partial charge in [-0.2, -0.15) is 13.2 Å². The van der Waals surface area contributed by atoms with Crippen LogP contribution in [0.15, 0.2) is 42.6 Å². The Bertz CT molecular complexity index is 582. The summed E-state index contributed by atoms with van der Waals surface area (Å²) in [5.74, 6) is 0.245. The van der Waals surface area contributed by atoms with Crippen molar-refractivity contribution in [2.45, 2.75) is 19.1 Å². The number of hydrogen-bond donors (Lipinski definition) is 2. The number of anilines is 2. The third-order valence-electron chi connectivity index (χ3n) is 2.90. The molecule has 2 rings (SSSR count). The first-order valence-electron chi connectivity index (χ1n) is 6.02. The Labute approximate surface area is 114 Å². The molecule has 0 aliphatic carbocycles. The lowest BCUT2D eigenvalue weighted by molar-refractivity contribution is -0.137. The number of halogens is 3. The van der Waals surface area contributed by atoms with Gasteiger partial charge in [0.2, 0.25) is 0 Å². The zero-order valence-corrected chi connectivity index (χ0v) is 10.8. The molecule has 0 radical (unpaired) electrons. The molecule has 0 saturated heterocycles. The van der Waals surface area contributed by atoms with E-state index in [4.69, 9.17) is 5.73 Å². The molecule has 0 aliphatic heterocycles. The molecular weight excluding hydrogens is 267 g/mol. The number of benzene rings is 1. The lowest BCUT2D eigenvalue weighted by Gasteiger charge is -2.17. The van der Waals surface area contributed by atoms with Crippen molar-refractivity contribution >= 4 is 11.5 Å². The van der Waals surface area contributed by atoms with Crippen molar-refractivity contribution in [2.75, 3.05) is 11.1 Å². The molecular formula is C14H14F3N3. The molecule has 3 nitrogen and oxygen atoms in total. The highest BCUT2D eigenvalue weighted by atomic mass is 19.4. The summed E-state index contributed by atoms with van der Waals surface area (Å²) in [4.78, 5) is 3.75. The molecule has 106 valence electrons. The monoisotopic (exact) mass is 281 g/mol. The van der Waals surface area contributed by atoms with Gasteiger partial charge in [0.05, 0.1) is 17.3 Å².